The van der Waals surface area contributed by atoms with Gasteiger partial charge in [-0.3, -0.25) is 9.48 Å². The minimum atomic E-state index is -0.463. The van der Waals surface area contributed by atoms with Crippen molar-refractivity contribution in [2.24, 2.45) is 5.92 Å². The molecule has 3 heterocycles. The molecule has 1 unspecified atom stereocenters. The molecule has 1 aliphatic carbocycles. The Hall–Kier alpha value is -3.84. The van der Waals surface area contributed by atoms with Gasteiger partial charge in [-0.2, -0.15) is 10.4 Å². The zero-order valence-electron chi connectivity index (χ0n) is 18.7. The number of ether oxygens (including phenoxy) is 1. The molecule has 0 fully saturated rings. The number of carbonyl (C=O) groups excluding carboxylic acids is 2. The summed E-state index contributed by atoms with van der Waals surface area (Å²) in [7, 11) is 0. The predicted molar refractivity (Wildman–Crippen MR) is 127 cm³/mol. The number of nitriles is 1. The maximum absolute atomic E-state index is 12.3. The van der Waals surface area contributed by atoms with Crippen LogP contribution in [0.25, 0.3) is 6.08 Å². The Morgan fingerprint density at radius 3 is 3.09 bits per heavy atom. The van der Waals surface area contributed by atoms with Crippen molar-refractivity contribution in [2.45, 2.75) is 39.3 Å². The number of thiophene rings is 1. The van der Waals surface area contributed by atoms with Crippen LogP contribution in [0.1, 0.15) is 40.8 Å². The van der Waals surface area contributed by atoms with Crippen molar-refractivity contribution in [3.05, 3.63) is 64.2 Å². The highest BCUT2D eigenvalue weighted by molar-refractivity contribution is 7.16. The van der Waals surface area contributed by atoms with Gasteiger partial charge >= 0.3 is 6.09 Å². The fourth-order valence-electron chi connectivity index (χ4n) is 3.90. The molecule has 0 saturated carbocycles. The number of nitrogens with one attached hydrogen (secondary N) is 2. The number of hydrogen-bond donors (Lipinski definition) is 2. The Bertz CT molecular complexity index is 1220. The van der Waals surface area contributed by atoms with Gasteiger partial charge in [0.25, 0.3) is 0 Å². The summed E-state index contributed by atoms with van der Waals surface area (Å²) in [6.07, 6.45) is 7.93. The summed E-state index contributed by atoms with van der Waals surface area (Å²) in [5.41, 5.74) is 2.41. The summed E-state index contributed by atoms with van der Waals surface area (Å²) in [5.74, 6) is 0.406. The number of rotatable bonds is 8. The Labute approximate surface area is 201 Å². The van der Waals surface area contributed by atoms with Crippen molar-refractivity contribution < 1.29 is 18.7 Å². The molecule has 1 atom stereocenters. The van der Waals surface area contributed by atoms with Gasteiger partial charge in [-0.1, -0.05) is 0 Å². The van der Waals surface area contributed by atoms with Crippen molar-refractivity contribution in [3.8, 4) is 6.07 Å². The molecule has 3 aromatic heterocycles. The topological polar surface area (TPSA) is 122 Å². The molecule has 176 valence electrons. The molecular weight excluding hydrogens is 454 g/mol. The second kappa shape index (κ2) is 10.9. The highest BCUT2D eigenvalue weighted by Gasteiger charge is 2.27. The zero-order chi connectivity index (χ0) is 23.9. The average molecular weight is 480 g/mol. The Balaban J connectivity index is 1.30. The number of amides is 2. The summed E-state index contributed by atoms with van der Waals surface area (Å²) in [6.45, 7) is 3.38. The van der Waals surface area contributed by atoms with E-state index in [0.29, 0.717) is 42.3 Å². The van der Waals surface area contributed by atoms with Crippen LogP contribution in [0.15, 0.2) is 41.2 Å². The highest BCUT2D eigenvalue weighted by Crippen LogP contribution is 2.39. The van der Waals surface area contributed by atoms with Gasteiger partial charge in [0.1, 0.15) is 16.8 Å². The summed E-state index contributed by atoms with van der Waals surface area (Å²) >= 11 is 1.41. The summed E-state index contributed by atoms with van der Waals surface area (Å²) in [6, 6.07) is 7.58. The van der Waals surface area contributed by atoms with Crippen LogP contribution < -0.4 is 10.6 Å². The molecule has 9 nitrogen and oxygen atoms in total. The van der Waals surface area contributed by atoms with Crippen LogP contribution in [0.5, 0.6) is 0 Å². The lowest BCUT2D eigenvalue weighted by Gasteiger charge is -2.21. The van der Waals surface area contributed by atoms with Gasteiger partial charge in [-0.15, -0.1) is 11.3 Å². The Morgan fingerprint density at radius 1 is 1.44 bits per heavy atom. The van der Waals surface area contributed by atoms with Gasteiger partial charge in [0.2, 0.25) is 5.91 Å². The van der Waals surface area contributed by atoms with Crippen LogP contribution in [0.3, 0.4) is 0 Å². The monoisotopic (exact) mass is 479 g/mol. The van der Waals surface area contributed by atoms with Crippen LogP contribution in [0.2, 0.25) is 0 Å². The molecule has 0 saturated heterocycles. The highest BCUT2D eigenvalue weighted by atomic mass is 32.1. The van der Waals surface area contributed by atoms with E-state index in [1.807, 2.05) is 17.7 Å². The SMILES string of the molecule is CCn1nccc1CNC(=O)OCC1CCc2c(sc(NC(=O)/C=C/c3ccco3)c2C#N)C1. The third-order valence-electron chi connectivity index (χ3n) is 5.63. The fourth-order valence-corrected chi connectivity index (χ4v) is 5.22. The molecule has 0 spiro atoms. The molecule has 34 heavy (non-hydrogen) atoms. The molecule has 0 radical (unpaired) electrons. The van der Waals surface area contributed by atoms with Crippen LogP contribution in [-0.2, 0) is 35.5 Å². The lowest BCUT2D eigenvalue weighted by molar-refractivity contribution is -0.111. The standard InChI is InChI=1S/C24H25N5O4S/c1-2-29-17(9-10-27-29)14-26-24(31)33-15-16-5-7-19-20(13-25)23(34-21(19)12-16)28-22(30)8-6-18-4-3-11-32-18/h3-4,6,8-11,16H,2,5,7,12,14-15H2,1H3,(H,26,31)(H,28,30)/b8-6+. The summed E-state index contributed by atoms with van der Waals surface area (Å²) < 4.78 is 12.4. The number of fused-ring (bicyclic) bond motifs is 1. The normalized spacial score (nSPS) is 15.0. The molecule has 10 heteroatoms. The molecule has 0 aliphatic heterocycles. The number of nitrogens with zero attached hydrogens (tertiary/aromatic N) is 3. The second-order valence-corrected chi connectivity index (χ2v) is 8.96. The number of carbonyl (C=O) groups is 2. The largest absolute Gasteiger partial charge is 0.465 e. The van der Waals surface area contributed by atoms with Crippen LogP contribution in [0.4, 0.5) is 9.80 Å². The van der Waals surface area contributed by atoms with Crippen LogP contribution in [0, 0.1) is 17.2 Å². The fraction of sp³-hybridized carbons (Fsp3) is 0.333. The first-order valence-corrected chi connectivity index (χ1v) is 11.9. The molecule has 2 N–H and O–H groups in total. The van der Waals surface area contributed by atoms with E-state index in [2.05, 4.69) is 21.8 Å². The number of furan rings is 1. The molecule has 2 amide bonds. The van der Waals surface area contributed by atoms with Crippen molar-refractivity contribution in [2.75, 3.05) is 11.9 Å². The van der Waals surface area contributed by atoms with E-state index in [9.17, 15) is 14.9 Å². The molecular formula is C24H25N5O4S. The predicted octanol–water partition coefficient (Wildman–Crippen LogP) is 4.11. The van der Waals surface area contributed by atoms with Gasteiger partial charge in [0, 0.05) is 23.7 Å². The minimum Gasteiger partial charge on any atom is -0.465 e. The van der Waals surface area contributed by atoms with Crippen molar-refractivity contribution in [1.29, 1.82) is 5.26 Å². The molecule has 3 aromatic rings. The van der Waals surface area contributed by atoms with E-state index in [1.165, 1.54) is 23.7 Å². The third-order valence-corrected chi connectivity index (χ3v) is 6.80. The number of aromatic nitrogens is 2. The number of aryl methyl sites for hydroxylation is 1. The minimum absolute atomic E-state index is 0.159. The van der Waals surface area contributed by atoms with Gasteiger partial charge in [-0.05, 0) is 61.9 Å². The van der Waals surface area contributed by atoms with Crippen LogP contribution >= 0.6 is 11.3 Å². The zero-order valence-corrected chi connectivity index (χ0v) is 19.6. The van der Waals surface area contributed by atoms with E-state index in [0.717, 1.165) is 29.1 Å². The van der Waals surface area contributed by atoms with E-state index in [-0.39, 0.29) is 11.8 Å². The van der Waals surface area contributed by atoms with Gasteiger partial charge in [0.15, 0.2) is 0 Å². The number of hydrogen-bond acceptors (Lipinski definition) is 7. The smallest absolute Gasteiger partial charge is 0.407 e. The number of alkyl carbamates (subject to hydrolysis) is 1. The van der Waals surface area contributed by atoms with E-state index in [4.69, 9.17) is 9.15 Å². The van der Waals surface area contributed by atoms with E-state index < -0.39 is 6.09 Å². The first kappa shape index (κ1) is 23.3. The van der Waals surface area contributed by atoms with E-state index in [1.54, 1.807) is 24.4 Å². The Kier molecular flexibility index (Phi) is 7.44. The third kappa shape index (κ3) is 5.55. The van der Waals surface area contributed by atoms with Gasteiger partial charge < -0.3 is 19.8 Å². The van der Waals surface area contributed by atoms with Crippen molar-refractivity contribution in [3.63, 3.8) is 0 Å². The summed E-state index contributed by atoms with van der Waals surface area (Å²) in [5, 5.41) is 20.0. The summed E-state index contributed by atoms with van der Waals surface area (Å²) in [4.78, 5) is 25.5. The molecule has 0 aromatic carbocycles. The maximum Gasteiger partial charge on any atom is 0.407 e. The first-order valence-electron chi connectivity index (χ1n) is 11.1. The maximum atomic E-state index is 12.3. The van der Waals surface area contributed by atoms with Crippen molar-refractivity contribution in [1.82, 2.24) is 15.1 Å². The number of anilines is 1. The first-order chi connectivity index (χ1) is 16.6. The van der Waals surface area contributed by atoms with Crippen LogP contribution in [-0.4, -0.2) is 28.4 Å². The lowest BCUT2D eigenvalue weighted by Crippen LogP contribution is -2.28. The molecule has 1 aliphatic rings. The average Bonchev–Trinajstić information content (AvgIpc) is 3.59. The Morgan fingerprint density at radius 2 is 2.32 bits per heavy atom. The van der Waals surface area contributed by atoms with Gasteiger partial charge in [-0.25, -0.2) is 4.79 Å². The quantitative estimate of drug-likeness (QED) is 0.469. The van der Waals surface area contributed by atoms with Crippen molar-refractivity contribution >= 4 is 34.4 Å². The lowest BCUT2D eigenvalue weighted by atomic mass is 9.88. The van der Waals surface area contributed by atoms with E-state index >= 15 is 0 Å². The molecule has 0 bridgehead atoms. The second-order valence-electron chi connectivity index (χ2n) is 7.86. The molecule has 4 rings (SSSR count). The van der Waals surface area contributed by atoms with Gasteiger partial charge in [0.05, 0.1) is 30.7 Å².